The van der Waals surface area contributed by atoms with Crippen LogP contribution in [0.5, 0.6) is 0 Å². The lowest BCUT2D eigenvalue weighted by Crippen LogP contribution is -2.17. The molecule has 96 valence electrons. The number of rotatable bonds is 6. The van der Waals surface area contributed by atoms with Crippen molar-refractivity contribution < 1.29 is 4.92 Å². The molecule has 18 heavy (non-hydrogen) atoms. The van der Waals surface area contributed by atoms with Crippen LogP contribution in [-0.2, 0) is 0 Å². The van der Waals surface area contributed by atoms with Gasteiger partial charge in [-0.3, -0.25) is 10.1 Å². The Morgan fingerprint density at radius 1 is 1.61 bits per heavy atom. The van der Waals surface area contributed by atoms with Gasteiger partial charge in [0, 0.05) is 18.8 Å². The number of hydrogen-bond acceptors (Lipinski definition) is 6. The molecule has 0 radical (unpaired) electrons. The van der Waals surface area contributed by atoms with Crippen molar-refractivity contribution in [3.63, 3.8) is 0 Å². The highest BCUT2D eigenvalue weighted by molar-refractivity contribution is 5.58. The zero-order chi connectivity index (χ0) is 13.5. The van der Waals surface area contributed by atoms with Gasteiger partial charge in [-0.2, -0.15) is 5.26 Å². The Labute approximate surface area is 105 Å². The van der Waals surface area contributed by atoms with Crippen molar-refractivity contribution >= 4 is 11.5 Å². The first-order valence-corrected chi connectivity index (χ1v) is 5.47. The number of pyridine rings is 1. The molecule has 0 fully saturated rings. The van der Waals surface area contributed by atoms with Gasteiger partial charge in [0.2, 0.25) is 5.82 Å². The third-order valence-corrected chi connectivity index (χ3v) is 2.27. The largest absolute Gasteiger partial charge is 0.364 e. The first-order valence-electron chi connectivity index (χ1n) is 5.47. The third kappa shape index (κ3) is 3.99. The van der Waals surface area contributed by atoms with E-state index in [1.54, 1.807) is 0 Å². The molecule has 0 aromatic carbocycles. The van der Waals surface area contributed by atoms with E-state index in [1.807, 2.05) is 25.1 Å². The minimum atomic E-state index is -0.540. The molecule has 1 aromatic heterocycles. The van der Waals surface area contributed by atoms with Gasteiger partial charge in [0.05, 0.1) is 10.5 Å². The van der Waals surface area contributed by atoms with E-state index < -0.39 is 4.92 Å². The summed E-state index contributed by atoms with van der Waals surface area (Å²) in [5.74, 6) is 0.206. The number of nitrogens with one attached hydrogen (secondary N) is 1. The second-order valence-electron chi connectivity index (χ2n) is 4.04. The average Bonchev–Trinajstić information content (AvgIpc) is 2.34. The Balaban J connectivity index is 2.70. The maximum atomic E-state index is 10.8. The fraction of sp³-hybridized carbons (Fsp3) is 0.455. The van der Waals surface area contributed by atoms with Crippen LogP contribution in [0.15, 0.2) is 12.3 Å². The summed E-state index contributed by atoms with van der Waals surface area (Å²) in [4.78, 5) is 16.2. The van der Waals surface area contributed by atoms with E-state index >= 15 is 0 Å². The average molecular weight is 249 g/mol. The fourth-order valence-corrected chi connectivity index (χ4v) is 1.39. The summed E-state index contributed by atoms with van der Waals surface area (Å²) in [7, 11) is 3.92. The Kier molecular flexibility index (Phi) is 5.02. The van der Waals surface area contributed by atoms with Crippen LogP contribution in [0.3, 0.4) is 0 Å². The highest BCUT2D eigenvalue weighted by atomic mass is 16.6. The van der Waals surface area contributed by atoms with Crippen molar-refractivity contribution in [2.24, 2.45) is 0 Å². The van der Waals surface area contributed by atoms with Gasteiger partial charge in [0.25, 0.3) is 0 Å². The molecule has 0 atom stereocenters. The molecule has 1 heterocycles. The molecule has 0 spiro atoms. The van der Waals surface area contributed by atoms with Gasteiger partial charge in [0.1, 0.15) is 6.07 Å². The molecule has 0 bridgehead atoms. The molecule has 0 aliphatic heterocycles. The van der Waals surface area contributed by atoms with E-state index in [1.165, 1.54) is 12.3 Å². The van der Waals surface area contributed by atoms with Crippen molar-refractivity contribution in [1.82, 2.24) is 9.88 Å². The van der Waals surface area contributed by atoms with Gasteiger partial charge in [-0.1, -0.05) is 0 Å². The zero-order valence-corrected chi connectivity index (χ0v) is 10.4. The maximum absolute atomic E-state index is 10.8. The second-order valence-corrected chi connectivity index (χ2v) is 4.04. The lowest BCUT2D eigenvalue weighted by Gasteiger charge is -2.10. The number of nitriles is 1. The van der Waals surface area contributed by atoms with E-state index in [9.17, 15) is 10.1 Å². The van der Waals surface area contributed by atoms with Crippen LogP contribution in [0.4, 0.5) is 11.5 Å². The van der Waals surface area contributed by atoms with Gasteiger partial charge in [0.15, 0.2) is 0 Å². The molecule has 0 amide bonds. The first kappa shape index (κ1) is 13.9. The Hall–Kier alpha value is -2.20. The monoisotopic (exact) mass is 249 g/mol. The summed E-state index contributed by atoms with van der Waals surface area (Å²) in [5.41, 5.74) is 0.0134. The Bertz CT molecular complexity index is 467. The highest BCUT2D eigenvalue weighted by Gasteiger charge is 2.15. The summed E-state index contributed by atoms with van der Waals surface area (Å²) in [5, 5.41) is 22.4. The van der Waals surface area contributed by atoms with E-state index in [2.05, 4.69) is 10.3 Å². The molecule has 0 saturated carbocycles. The number of aromatic nitrogens is 1. The molecule has 1 N–H and O–H groups in total. The highest BCUT2D eigenvalue weighted by Crippen LogP contribution is 2.22. The summed E-state index contributed by atoms with van der Waals surface area (Å²) >= 11 is 0. The van der Waals surface area contributed by atoms with Crippen LogP contribution < -0.4 is 5.32 Å². The number of anilines is 1. The standard InChI is InChI=1S/C11H15N5O2/c1-15(2)5-3-4-13-11-10(16(17)18)6-9(7-12)8-14-11/h6,8H,3-5H2,1-2H3,(H,13,14). The van der Waals surface area contributed by atoms with Crippen LogP contribution >= 0.6 is 0 Å². The summed E-state index contributed by atoms with van der Waals surface area (Å²) in [6, 6.07) is 3.05. The van der Waals surface area contributed by atoms with Gasteiger partial charge in [-0.05, 0) is 27.1 Å². The van der Waals surface area contributed by atoms with Crippen LogP contribution in [-0.4, -0.2) is 42.0 Å². The van der Waals surface area contributed by atoms with E-state index in [-0.39, 0.29) is 17.1 Å². The minimum absolute atomic E-state index is 0.168. The Morgan fingerprint density at radius 2 is 2.33 bits per heavy atom. The van der Waals surface area contributed by atoms with Gasteiger partial charge >= 0.3 is 5.69 Å². The van der Waals surface area contributed by atoms with E-state index in [4.69, 9.17) is 5.26 Å². The molecule has 7 nitrogen and oxygen atoms in total. The van der Waals surface area contributed by atoms with Crippen LogP contribution in [0.25, 0.3) is 0 Å². The third-order valence-electron chi connectivity index (χ3n) is 2.27. The predicted octanol–water partition coefficient (Wildman–Crippen LogP) is 1.23. The second kappa shape index (κ2) is 6.51. The normalized spacial score (nSPS) is 10.1. The van der Waals surface area contributed by atoms with Gasteiger partial charge in [-0.15, -0.1) is 0 Å². The van der Waals surface area contributed by atoms with Crippen molar-refractivity contribution in [2.75, 3.05) is 32.5 Å². The van der Waals surface area contributed by atoms with Gasteiger partial charge in [-0.25, -0.2) is 4.98 Å². The SMILES string of the molecule is CN(C)CCCNc1ncc(C#N)cc1[N+](=O)[O-]. The predicted molar refractivity (Wildman–Crippen MR) is 67.3 cm³/mol. The fourth-order valence-electron chi connectivity index (χ4n) is 1.39. The topological polar surface area (TPSA) is 95.1 Å². The van der Waals surface area contributed by atoms with Crippen molar-refractivity contribution in [3.8, 4) is 6.07 Å². The molecule has 0 aliphatic carbocycles. The lowest BCUT2D eigenvalue weighted by molar-refractivity contribution is -0.384. The van der Waals surface area contributed by atoms with Crippen LogP contribution in [0, 0.1) is 21.4 Å². The van der Waals surface area contributed by atoms with E-state index in [0.717, 1.165) is 13.0 Å². The van der Waals surface area contributed by atoms with Crippen LogP contribution in [0.2, 0.25) is 0 Å². The smallest absolute Gasteiger partial charge is 0.312 e. The summed E-state index contributed by atoms with van der Waals surface area (Å²) in [6.07, 6.45) is 2.17. The quantitative estimate of drug-likeness (QED) is 0.462. The molecule has 1 aromatic rings. The van der Waals surface area contributed by atoms with Gasteiger partial charge < -0.3 is 10.2 Å². The zero-order valence-electron chi connectivity index (χ0n) is 10.4. The van der Waals surface area contributed by atoms with Crippen molar-refractivity contribution in [3.05, 3.63) is 27.9 Å². The van der Waals surface area contributed by atoms with Crippen molar-refractivity contribution in [1.29, 1.82) is 5.26 Å². The summed E-state index contributed by atoms with van der Waals surface area (Å²) in [6.45, 7) is 1.48. The molecule has 0 aliphatic rings. The first-order chi connectivity index (χ1) is 8.54. The number of hydrogen-bond donors (Lipinski definition) is 1. The number of nitrogens with zero attached hydrogens (tertiary/aromatic N) is 4. The van der Waals surface area contributed by atoms with E-state index in [0.29, 0.717) is 6.54 Å². The number of nitro groups is 1. The lowest BCUT2D eigenvalue weighted by atomic mass is 10.2. The van der Waals surface area contributed by atoms with Crippen LogP contribution in [0.1, 0.15) is 12.0 Å². The minimum Gasteiger partial charge on any atom is -0.364 e. The molecule has 0 unspecified atom stereocenters. The molecular formula is C11H15N5O2. The molecular weight excluding hydrogens is 234 g/mol. The maximum Gasteiger partial charge on any atom is 0.312 e. The molecule has 1 rings (SSSR count). The molecule has 7 heteroatoms. The molecule has 0 saturated heterocycles. The Morgan fingerprint density at radius 3 is 2.89 bits per heavy atom. The van der Waals surface area contributed by atoms with Crippen molar-refractivity contribution in [2.45, 2.75) is 6.42 Å². The summed E-state index contributed by atoms with van der Waals surface area (Å²) < 4.78 is 0.